The van der Waals surface area contributed by atoms with Gasteiger partial charge in [0.1, 0.15) is 40.4 Å². The van der Waals surface area contributed by atoms with Crippen LogP contribution in [0.25, 0.3) is 33.4 Å². The molecule has 1 heterocycles. The van der Waals surface area contributed by atoms with Crippen LogP contribution in [0.15, 0.2) is 94.1 Å². The van der Waals surface area contributed by atoms with E-state index in [0.29, 0.717) is 39.1 Å². The first-order valence-corrected chi connectivity index (χ1v) is 15.5. The third-order valence-corrected chi connectivity index (χ3v) is 8.41. The van der Waals surface area contributed by atoms with Crippen LogP contribution in [-0.2, 0) is 11.2 Å². The molecule has 0 radical (unpaired) electrons. The van der Waals surface area contributed by atoms with Gasteiger partial charge >= 0.3 is 11.9 Å². The van der Waals surface area contributed by atoms with Gasteiger partial charge in [-0.25, -0.2) is 9.59 Å². The molecule has 1 amide bonds. The van der Waals surface area contributed by atoms with E-state index in [1.165, 1.54) is 54.6 Å². The molecule has 252 valence electrons. The van der Waals surface area contributed by atoms with E-state index in [9.17, 15) is 39.6 Å². The standard InChI is InChI=1S/C39H31NO10/c1-19-14-26(7-11-32(19)43)49-36-20(2)12-22(13-21(36)3)15-31(39(47)48)40-37(44)23-4-8-27(30(16-23)38(45)46)35-28-9-5-24(41)17-33(28)50-34-18-25(42)6-10-29(34)35/h4-14,16-18,31,41,43H,15H2,1-3H3,(H,40,44)(H,45,46)(H,47,48). The predicted molar refractivity (Wildman–Crippen MR) is 185 cm³/mol. The molecular formula is C39H31NO10. The number of fused-ring (bicyclic) bond motifs is 2. The van der Waals surface area contributed by atoms with Crippen molar-refractivity contribution in [2.24, 2.45) is 0 Å². The molecule has 0 bridgehead atoms. The van der Waals surface area contributed by atoms with Gasteiger partial charge in [-0.05, 0) is 103 Å². The van der Waals surface area contributed by atoms with Crippen molar-refractivity contribution >= 4 is 28.8 Å². The lowest BCUT2D eigenvalue weighted by molar-refractivity contribution is -0.139. The minimum atomic E-state index is -1.35. The Balaban J connectivity index is 1.30. The second-order valence-electron chi connectivity index (χ2n) is 12.1. The molecule has 0 fully saturated rings. The Hall–Kier alpha value is -6.62. The highest BCUT2D eigenvalue weighted by Gasteiger charge is 2.26. The molecule has 0 spiro atoms. The quantitative estimate of drug-likeness (QED) is 0.102. The van der Waals surface area contributed by atoms with Gasteiger partial charge in [0.05, 0.1) is 5.56 Å². The van der Waals surface area contributed by atoms with Gasteiger partial charge in [-0.3, -0.25) is 9.59 Å². The minimum absolute atomic E-state index is 0.0642. The molecule has 4 aromatic rings. The van der Waals surface area contributed by atoms with Crippen molar-refractivity contribution in [2.45, 2.75) is 33.2 Å². The Morgan fingerprint density at radius 1 is 0.800 bits per heavy atom. The van der Waals surface area contributed by atoms with Crippen molar-refractivity contribution in [3.63, 3.8) is 0 Å². The van der Waals surface area contributed by atoms with Crippen LogP contribution in [0.4, 0.5) is 0 Å². The fraction of sp³-hybridized carbons (Fsp3) is 0.128. The van der Waals surface area contributed by atoms with E-state index in [0.717, 1.165) is 11.1 Å². The molecule has 50 heavy (non-hydrogen) atoms. The molecule has 1 unspecified atom stereocenters. The summed E-state index contributed by atoms with van der Waals surface area (Å²) in [5, 5.41) is 43.2. The van der Waals surface area contributed by atoms with Crippen molar-refractivity contribution in [1.29, 1.82) is 0 Å². The minimum Gasteiger partial charge on any atom is -0.508 e. The smallest absolute Gasteiger partial charge is 0.336 e. The number of carbonyl (C=O) groups excluding carboxylic acids is 1. The zero-order valence-corrected chi connectivity index (χ0v) is 27.1. The number of phenolic OH excluding ortho intramolecular Hbond substituents is 2. The summed E-state index contributed by atoms with van der Waals surface area (Å²) in [6, 6.07) is 19.5. The Bertz CT molecular complexity index is 2350. The predicted octanol–water partition coefficient (Wildman–Crippen LogP) is 6.82. The van der Waals surface area contributed by atoms with Crippen LogP contribution in [-0.4, -0.2) is 44.3 Å². The monoisotopic (exact) mass is 673 g/mol. The molecular weight excluding hydrogens is 642 g/mol. The average Bonchev–Trinajstić information content (AvgIpc) is 3.06. The van der Waals surface area contributed by atoms with E-state index < -0.39 is 23.9 Å². The molecule has 11 heteroatoms. The summed E-state index contributed by atoms with van der Waals surface area (Å²) in [6.45, 7) is 5.39. The van der Waals surface area contributed by atoms with Crippen LogP contribution in [0, 0.1) is 20.8 Å². The largest absolute Gasteiger partial charge is 0.508 e. The number of hydrogen-bond acceptors (Lipinski definition) is 8. The number of nitrogens with one attached hydrogen (secondary N) is 1. The SMILES string of the molecule is Cc1cc(Oc2c(C)cc(CC(NC(=O)c3ccc(-c4c5ccc(=O)cc-5oc5cc(O)ccc45)c(C(=O)O)c3)C(=O)O)cc2C)ccc1O. The molecule has 11 nitrogen and oxygen atoms in total. The van der Waals surface area contributed by atoms with Gasteiger partial charge in [-0.15, -0.1) is 0 Å². The molecule has 0 aromatic heterocycles. The van der Waals surface area contributed by atoms with Gasteiger partial charge < -0.3 is 34.9 Å². The lowest BCUT2D eigenvalue weighted by atomic mass is 9.89. The molecule has 0 saturated heterocycles. The summed E-state index contributed by atoms with van der Waals surface area (Å²) < 4.78 is 11.9. The number of benzene rings is 5. The highest BCUT2D eigenvalue weighted by atomic mass is 16.5. The van der Waals surface area contributed by atoms with Crippen molar-refractivity contribution in [3.05, 3.63) is 129 Å². The number of phenols is 2. The van der Waals surface area contributed by atoms with Gasteiger partial charge in [0, 0.05) is 40.6 Å². The van der Waals surface area contributed by atoms with E-state index >= 15 is 0 Å². The zero-order valence-electron chi connectivity index (χ0n) is 27.1. The summed E-state index contributed by atoms with van der Waals surface area (Å²) in [6.07, 6.45) is -0.0642. The Labute approximate surface area is 285 Å². The maximum Gasteiger partial charge on any atom is 0.336 e. The summed E-state index contributed by atoms with van der Waals surface area (Å²) in [4.78, 5) is 50.5. The lowest BCUT2D eigenvalue weighted by Crippen LogP contribution is -2.42. The molecule has 2 aliphatic rings. The number of carboxylic acids is 2. The maximum absolute atomic E-state index is 13.4. The van der Waals surface area contributed by atoms with Crippen molar-refractivity contribution in [2.75, 3.05) is 0 Å². The van der Waals surface area contributed by atoms with E-state index in [-0.39, 0.29) is 51.4 Å². The molecule has 1 aliphatic heterocycles. The molecule has 5 N–H and O–H groups in total. The second-order valence-corrected chi connectivity index (χ2v) is 12.1. The number of aromatic hydroxyl groups is 2. The number of amides is 1. The van der Waals surface area contributed by atoms with Crippen LogP contribution in [0.5, 0.6) is 23.0 Å². The Kier molecular flexibility index (Phi) is 8.73. The van der Waals surface area contributed by atoms with Gasteiger partial charge in [0.2, 0.25) is 0 Å². The number of carboxylic acid groups (broad SMARTS) is 2. The fourth-order valence-electron chi connectivity index (χ4n) is 6.04. The third kappa shape index (κ3) is 6.56. The first kappa shape index (κ1) is 33.3. The number of rotatable bonds is 9. The average molecular weight is 674 g/mol. The molecule has 1 atom stereocenters. The number of aromatic carboxylic acids is 1. The number of aryl methyl sites for hydroxylation is 3. The van der Waals surface area contributed by atoms with E-state index in [2.05, 4.69) is 5.32 Å². The topological polar surface area (TPSA) is 184 Å². The third-order valence-electron chi connectivity index (χ3n) is 8.41. The summed E-state index contributed by atoms with van der Waals surface area (Å²) in [5.74, 6) is -2.08. The van der Waals surface area contributed by atoms with Crippen LogP contribution < -0.4 is 15.5 Å². The van der Waals surface area contributed by atoms with E-state index in [1.54, 1.807) is 37.3 Å². The fourth-order valence-corrected chi connectivity index (χ4v) is 6.04. The second kappa shape index (κ2) is 13.1. The van der Waals surface area contributed by atoms with Crippen LogP contribution in [0.3, 0.4) is 0 Å². The lowest BCUT2D eigenvalue weighted by Gasteiger charge is -2.19. The normalized spacial score (nSPS) is 11.7. The number of ether oxygens (including phenoxy) is 1. The van der Waals surface area contributed by atoms with E-state index in [4.69, 9.17) is 9.15 Å². The molecule has 6 rings (SSSR count). The first-order valence-electron chi connectivity index (χ1n) is 15.5. The molecule has 1 aliphatic carbocycles. The van der Waals surface area contributed by atoms with Crippen LogP contribution >= 0.6 is 0 Å². The highest BCUT2D eigenvalue weighted by molar-refractivity contribution is 6.09. The summed E-state index contributed by atoms with van der Waals surface area (Å²) in [5.41, 5.74) is 3.37. The Morgan fingerprint density at radius 2 is 1.52 bits per heavy atom. The van der Waals surface area contributed by atoms with Crippen LogP contribution in [0.1, 0.15) is 43.0 Å². The Morgan fingerprint density at radius 3 is 2.20 bits per heavy atom. The first-order chi connectivity index (χ1) is 23.8. The van der Waals surface area contributed by atoms with Gasteiger partial charge in [0.15, 0.2) is 5.43 Å². The highest BCUT2D eigenvalue weighted by Crippen LogP contribution is 2.42. The van der Waals surface area contributed by atoms with Gasteiger partial charge in [0.25, 0.3) is 5.91 Å². The van der Waals surface area contributed by atoms with Crippen molar-refractivity contribution < 1.29 is 44.0 Å². The number of hydrogen-bond donors (Lipinski definition) is 5. The van der Waals surface area contributed by atoms with Gasteiger partial charge in [-0.1, -0.05) is 18.2 Å². The maximum atomic E-state index is 13.4. The zero-order chi connectivity index (χ0) is 35.9. The van der Waals surface area contributed by atoms with Crippen molar-refractivity contribution in [1.82, 2.24) is 5.32 Å². The van der Waals surface area contributed by atoms with Gasteiger partial charge in [-0.2, -0.15) is 0 Å². The molecule has 0 saturated carbocycles. The van der Waals surface area contributed by atoms with E-state index in [1.807, 2.05) is 13.8 Å². The number of carbonyl (C=O) groups is 3. The van der Waals surface area contributed by atoms with Crippen LogP contribution in [0.2, 0.25) is 0 Å². The van der Waals surface area contributed by atoms with Crippen molar-refractivity contribution in [3.8, 4) is 45.4 Å². The summed E-state index contributed by atoms with van der Waals surface area (Å²) in [7, 11) is 0. The summed E-state index contributed by atoms with van der Waals surface area (Å²) >= 11 is 0. The molecule has 4 aromatic carbocycles. The number of aliphatic carboxylic acids is 1.